The van der Waals surface area contributed by atoms with Crippen LogP contribution in [0.25, 0.3) is 11.1 Å². The molecule has 0 fully saturated rings. The van der Waals surface area contributed by atoms with Gasteiger partial charge in [-0.05, 0) is 49.1 Å². The first-order valence-electron chi connectivity index (χ1n) is 4.31. The van der Waals surface area contributed by atoms with Gasteiger partial charge in [-0.3, -0.25) is 0 Å². The highest BCUT2D eigenvalue weighted by Gasteiger charge is 2.07. The molecule has 15 heavy (non-hydrogen) atoms. The molecule has 0 aliphatic carbocycles. The van der Waals surface area contributed by atoms with Crippen molar-refractivity contribution in [1.82, 2.24) is 0 Å². The zero-order chi connectivity index (χ0) is 10.8. The summed E-state index contributed by atoms with van der Waals surface area (Å²) in [6, 6.07) is 10.7. The van der Waals surface area contributed by atoms with Crippen molar-refractivity contribution in [3.05, 3.63) is 43.5 Å². The predicted octanol–water partition coefficient (Wildman–Crippen LogP) is 5.84. The molecule has 78 valence electrons. The number of hydrogen-bond donors (Lipinski definition) is 0. The third kappa shape index (κ3) is 2.73. The number of rotatable bonds is 2. The van der Waals surface area contributed by atoms with Crippen molar-refractivity contribution in [3.63, 3.8) is 0 Å². The van der Waals surface area contributed by atoms with E-state index in [1.54, 1.807) is 11.3 Å². The van der Waals surface area contributed by atoms with E-state index < -0.39 is 0 Å². The molecule has 0 saturated heterocycles. The van der Waals surface area contributed by atoms with E-state index >= 15 is 0 Å². The Morgan fingerprint density at radius 2 is 1.73 bits per heavy atom. The van der Waals surface area contributed by atoms with Crippen molar-refractivity contribution in [2.45, 2.75) is 5.33 Å². The highest BCUT2D eigenvalue weighted by molar-refractivity contribution is 9.12. The maximum Gasteiger partial charge on any atom is 0.0788 e. The zero-order valence-electron chi connectivity index (χ0n) is 7.64. The SMILES string of the molecule is BrCc1ccc(-c2cc(Br)sc2Br)cc1. The fraction of sp³-hybridized carbons (Fsp3) is 0.0909. The standard InChI is InChI=1S/C11H7Br3S/c12-6-7-1-3-8(4-2-7)9-5-10(13)15-11(9)14/h1-5H,6H2. The van der Waals surface area contributed by atoms with Crippen LogP contribution in [0.2, 0.25) is 0 Å². The topological polar surface area (TPSA) is 0 Å². The Morgan fingerprint density at radius 1 is 1.07 bits per heavy atom. The molecular formula is C11H7Br3S. The fourth-order valence-electron chi connectivity index (χ4n) is 1.31. The zero-order valence-corrected chi connectivity index (χ0v) is 13.2. The molecule has 0 radical (unpaired) electrons. The molecule has 0 N–H and O–H groups in total. The summed E-state index contributed by atoms with van der Waals surface area (Å²) in [6.45, 7) is 0. The van der Waals surface area contributed by atoms with Gasteiger partial charge in [0, 0.05) is 10.9 Å². The molecule has 4 heteroatoms. The lowest BCUT2D eigenvalue weighted by Crippen LogP contribution is -1.78. The van der Waals surface area contributed by atoms with Gasteiger partial charge in [-0.25, -0.2) is 0 Å². The van der Waals surface area contributed by atoms with Crippen LogP contribution in [0, 0.1) is 0 Å². The maximum absolute atomic E-state index is 3.57. The number of benzene rings is 1. The maximum atomic E-state index is 3.57. The summed E-state index contributed by atoms with van der Waals surface area (Å²) in [5, 5.41) is 0.905. The van der Waals surface area contributed by atoms with Gasteiger partial charge in [0.1, 0.15) is 0 Å². The van der Waals surface area contributed by atoms with E-state index in [0.717, 1.165) is 9.12 Å². The van der Waals surface area contributed by atoms with Crippen LogP contribution >= 0.6 is 59.1 Å². The predicted molar refractivity (Wildman–Crippen MR) is 77.8 cm³/mol. The van der Waals surface area contributed by atoms with Crippen molar-refractivity contribution >= 4 is 59.1 Å². The largest absolute Gasteiger partial charge is 0.121 e. The van der Waals surface area contributed by atoms with E-state index in [9.17, 15) is 0 Å². The van der Waals surface area contributed by atoms with Crippen LogP contribution in [0.4, 0.5) is 0 Å². The lowest BCUT2D eigenvalue weighted by Gasteiger charge is -2.00. The Kier molecular flexibility index (Phi) is 4.04. The molecule has 0 spiro atoms. The van der Waals surface area contributed by atoms with Gasteiger partial charge >= 0.3 is 0 Å². The summed E-state index contributed by atoms with van der Waals surface area (Å²) in [6.07, 6.45) is 0. The molecule has 2 rings (SSSR count). The molecule has 0 saturated carbocycles. The summed E-state index contributed by atoms with van der Waals surface area (Å²) in [4.78, 5) is 0. The third-order valence-electron chi connectivity index (χ3n) is 2.08. The molecule has 0 atom stereocenters. The molecule has 0 amide bonds. The second-order valence-corrected chi connectivity index (χ2v) is 7.38. The van der Waals surface area contributed by atoms with Crippen molar-refractivity contribution in [1.29, 1.82) is 0 Å². The van der Waals surface area contributed by atoms with Crippen molar-refractivity contribution in [2.75, 3.05) is 0 Å². The van der Waals surface area contributed by atoms with Crippen molar-refractivity contribution in [3.8, 4) is 11.1 Å². The Balaban J connectivity index is 2.41. The summed E-state index contributed by atoms with van der Waals surface area (Å²) in [7, 11) is 0. The monoisotopic (exact) mass is 408 g/mol. The van der Waals surface area contributed by atoms with Gasteiger partial charge in [0.25, 0.3) is 0 Å². The van der Waals surface area contributed by atoms with Gasteiger partial charge in [0.2, 0.25) is 0 Å². The number of hydrogen-bond acceptors (Lipinski definition) is 1. The van der Waals surface area contributed by atoms with Crippen LogP contribution in [-0.2, 0) is 5.33 Å². The Bertz CT molecular complexity index is 459. The normalized spacial score (nSPS) is 10.6. The highest BCUT2D eigenvalue weighted by Crippen LogP contribution is 2.38. The average Bonchev–Trinajstić information content (AvgIpc) is 2.58. The van der Waals surface area contributed by atoms with Crippen LogP contribution in [-0.4, -0.2) is 0 Å². The van der Waals surface area contributed by atoms with Crippen LogP contribution in [0.15, 0.2) is 37.9 Å². The van der Waals surface area contributed by atoms with Gasteiger partial charge in [-0.2, -0.15) is 0 Å². The lowest BCUT2D eigenvalue weighted by atomic mass is 10.1. The van der Waals surface area contributed by atoms with Crippen LogP contribution in [0.5, 0.6) is 0 Å². The minimum Gasteiger partial charge on any atom is -0.121 e. The Morgan fingerprint density at radius 3 is 2.20 bits per heavy atom. The summed E-state index contributed by atoms with van der Waals surface area (Å²) < 4.78 is 2.31. The molecule has 0 nitrogen and oxygen atoms in total. The summed E-state index contributed by atoms with van der Waals surface area (Å²) in [5.41, 5.74) is 3.78. The van der Waals surface area contributed by atoms with Gasteiger partial charge in [-0.1, -0.05) is 40.2 Å². The van der Waals surface area contributed by atoms with E-state index in [1.165, 1.54) is 20.5 Å². The fourth-order valence-corrected chi connectivity index (χ4v) is 4.55. The quantitative estimate of drug-likeness (QED) is 0.546. The first kappa shape index (κ1) is 11.8. The molecule has 1 aromatic carbocycles. The van der Waals surface area contributed by atoms with E-state index in [2.05, 4.69) is 78.1 Å². The lowest BCUT2D eigenvalue weighted by molar-refractivity contribution is 1.44. The molecule has 1 aromatic heterocycles. The van der Waals surface area contributed by atoms with E-state index in [1.807, 2.05) is 0 Å². The van der Waals surface area contributed by atoms with Crippen molar-refractivity contribution in [2.24, 2.45) is 0 Å². The average molecular weight is 411 g/mol. The first-order chi connectivity index (χ1) is 7.20. The van der Waals surface area contributed by atoms with Crippen LogP contribution in [0.3, 0.4) is 0 Å². The Hall–Kier alpha value is 0.360. The van der Waals surface area contributed by atoms with Gasteiger partial charge in [0.05, 0.1) is 7.57 Å². The summed E-state index contributed by atoms with van der Waals surface area (Å²) >= 11 is 12.2. The summed E-state index contributed by atoms with van der Waals surface area (Å²) in [5.74, 6) is 0. The first-order valence-corrected chi connectivity index (χ1v) is 7.83. The number of thiophene rings is 1. The van der Waals surface area contributed by atoms with E-state index in [4.69, 9.17) is 0 Å². The second kappa shape index (κ2) is 5.13. The second-order valence-electron chi connectivity index (χ2n) is 3.07. The third-order valence-corrected chi connectivity index (χ3v) is 5.06. The van der Waals surface area contributed by atoms with Gasteiger partial charge in [0.15, 0.2) is 0 Å². The Labute approximate surface area is 118 Å². The molecule has 2 aromatic rings. The number of alkyl halides is 1. The molecule has 1 heterocycles. The van der Waals surface area contributed by atoms with Crippen molar-refractivity contribution < 1.29 is 0 Å². The van der Waals surface area contributed by atoms with Crippen LogP contribution in [0.1, 0.15) is 5.56 Å². The van der Waals surface area contributed by atoms with E-state index in [-0.39, 0.29) is 0 Å². The molecule has 0 aliphatic heterocycles. The van der Waals surface area contributed by atoms with Gasteiger partial charge in [-0.15, -0.1) is 11.3 Å². The molecule has 0 aliphatic rings. The van der Waals surface area contributed by atoms with Gasteiger partial charge < -0.3 is 0 Å². The molecule has 0 bridgehead atoms. The van der Waals surface area contributed by atoms with Crippen LogP contribution < -0.4 is 0 Å². The highest BCUT2D eigenvalue weighted by atomic mass is 79.9. The van der Waals surface area contributed by atoms with E-state index in [0.29, 0.717) is 0 Å². The molecular weight excluding hydrogens is 404 g/mol. The molecule has 0 unspecified atom stereocenters. The number of halogens is 3. The minimum atomic E-state index is 0.905. The smallest absolute Gasteiger partial charge is 0.0788 e. The minimum absolute atomic E-state index is 0.905.